The minimum atomic E-state index is 0.279. The average Bonchev–Trinajstić information content (AvgIpc) is 2.76. The van der Waals surface area contributed by atoms with Crippen LogP contribution in [0, 0.1) is 11.8 Å². The molecule has 0 heterocycles. The molecule has 1 aliphatic rings. The molecule has 0 N–H and O–H groups in total. The van der Waals surface area contributed by atoms with Crippen molar-refractivity contribution in [1.82, 2.24) is 0 Å². The Morgan fingerprint density at radius 2 is 2.22 bits per heavy atom. The van der Waals surface area contributed by atoms with Gasteiger partial charge in [-0.3, -0.25) is 4.79 Å². The second kappa shape index (κ2) is 5.87. The maximum Gasteiger partial charge on any atom is 0.140 e. The number of benzene rings is 1. The zero-order valence-electron chi connectivity index (χ0n) is 10.9. The first-order valence-corrected chi connectivity index (χ1v) is 7.24. The SMILES string of the molecule is COc1ccc(CC(=O)C2CCC(C)C2)cc1Br. The highest BCUT2D eigenvalue weighted by atomic mass is 79.9. The van der Waals surface area contributed by atoms with E-state index in [9.17, 15) is 4.79 Å². The summed E-state index contributed by atoms with van der Waals surface area (Å²) in [6, 6.07) is 5.86. The van der Waals surface area contributed by atoms with Crippen LogP contribution in [-0.2, 0) is 11.2 Å². The second-order valence-corrected chi connectivity index (χ2v) is 6.08. The molecule has 0 amide bonds. The lowest BCUT2D eigenvalue weighted by atomic mass is 9.96. The van der Waals surface area contributed by atoms with Crippen LogP contribution in [0.5, 0.6) is 5.75 Å². The Bertz CT molecular complexity index is 442. The van der Waals surface area contributed by atoms with Crippen molar-refractivity contribution in [3.05, 3.63) is 28.2 Å². The third kappa shape index (κ3) is 3.14. The van der Waals surface area contributed by atoms with E-state index >= 15 is 0 Å². The summed E-state index contributed by atoms with van der Waals surface area (Å²) in [7, 11) is 1.64. The maximum absolute atomic E-state index is 12.2. The number of hydrogen-bond donors (Lipinski definition) is 0. The maximum atomic E-state index is 12.2. The Morgan fingerprint density at radius 3 is 2.78 bits per heavy atom. The second-order valence-electron chi connectivity index (χ2n) is 5.23. The molecular weight excluding hydrogens is 292 g/mol. The van der Waals surface area contributed by atoms with Crippen molar-refractivity contribution < 1.29 is 9.53 Å². The Hall–Kier alpha value is -0.830. The third-order valence-electron chi connectivity index (χ3n) is 3.74. The van der Waals surface area contributed by atoms with Gasteiger partial charge in [-0.15, -0.1) is 0 Å². The smallest absolute Gasteiger partial charge is 0.140 e. The zero-order chi connectivity index (χ0) is 13.1. The van der Waals surface area contributed by atoms with Crippen molar-refractivity contribution in [2.45, 2.75) is 32.6 Å². The first-order valence-electron chi connectivity index (χ1n) is 6.45. The van der Waals surface area contributed by atoms with Crippen LogP contribution in [0.4, 0.5) is 0 Å². The number of halogens is 1. The Labute approximate surface area is 117 Å². The van der Waals surface area contributed by atoms with Crippen LogP contribution in [0.15, 0.2) is 22.7 Å². The molecule has 98 valence electrons. The average molecular weight is 311 g/mol. The van der Waals surface area contributed by atoms with Gasteiger partial charge in [0.25, 0.3) is 0 Å². The molecule has 0 radical (unpaired) electrons. The Morgan fingerprint density at radius 1 is 1.44 bits per heavy atom. The predicted molar refractivity (Wildman–Crippen MR) is 75.9 cm³/mol. The van der Waals surface area contributed by atoms with E-state index in [2.05, 4.69) is 22.9 Å². The molecule has 18 heavy (non-hydrogen) atoms. The zero-order valence-corrected chi connectivity index (χ0v) is 12.5. The van der Waals surface area contributed by atoms with Gasteiger partial charge in [0.05, 0.1) is 11.6 Å². The quantitative estimate of drug-likeness (QED) is 0.840. The van der Waals surface area contributed by atoms with Crippen LogP contribution in [0.1, 0.15) is 31.7 Å². The van der Waals surface area contributed by atoms with Crippen molar-refractivity contribution in [3.8, 4) is 5.75 Å². The molecule has 2 rings (SSSR count). The molecule has 2 nitrogen and oxygen atoms in total. The molecule has 1 fully saturated rings. The lowest BCUT2D eigenvalue weighted by Gasteiger charge is -2.10. The van der Waals surface area contributed by atoms with Crippen LogP contribution in [0.3, 0.4) is 0 Å². The van der Waals surface area contributed by atoms with E-state index in [1.165, 1.54) is 6.42 Å². The topological polar surface area (TPSA) is 26.3 Å². The highest BCUT2D eigenvalue weighted by Crippen LogP contribution is 2.32. The molecule has 0 aromatic heterocycles. The minimum absolute atomic E-state index is 0.279. The summed E-state index contributed by atoms with van der Waals surface area (Å²) in [5.41, 5.74) is 1.06. The number of carbonyl (C=O) groups excluding carboxylic acids is 1. The fraction of sp³-hybridized carbons (Fsp3) is 0.533. The van der Waals surface area contributed by atoms with Gasteiger partial charge in [-0.25, -0.2) is 0 Å². The lowest BCUT2D eigenvalue weighted by molar-refractivity contribution is -0.122. The van der Waals surface area contributed by atoms with Gasteiger partial charge < -0.3 is 4.74 Å². The van der Waals surface area contributed by atoms with E-state index < -0.39 is 0 Å². The molecule has 0 bridgehead atoms. The monoisotopic (exact) mass is 310 g/mol. The number of ketones is 1. The molecule has 1 aromatic carbocycles. The standard InChI is InChI=1S/C15H19BrO2/c1-10-3-5-12(7-10)14(17)9-11-4-6-15(18-2)13(16)8-11/h4,6,8,10,12H,3,5,7,9H2,1-2H3. The minimum Gasteiger partial charge on any atom is -0.496 e. The molecule has 0 saturated heterocycles. The van der Waals surface area contributed by atoms with Crippen LogP contribution in [-0.4, -0.2) is 12.9 Å². The van der Waals surface area contributed by atoms with Crippen LogP contribution in [0.25, 0.3) is 0 Å². The molecule has 2 atom stereocenters. The molecule has 1 aliphatic carbocycles. The fourth-order valence-electron chi connectivity index (χ4n) is 2.66. The van der Waals surface area contributed by atoms with Gasteiger partial charge in [0.2, 0.25) is 0 Å². The van der Waals surface area contributed by atoms with E-state index in [0.717, 1.165) is 28.6 Å². The number of ether oxygens (including phenoxy) is 1. The van der Waals surface area contributed by atoms with Crippen molar-refractivity contribution >= 4 is 21.7 Å². The highest BCUT2D eigenvalue weighted by molar-refractivity contribution is 9.10. The van der Waals surface area contributed by atoms with Gasteiger partial charge in [0, 0.05) is 12.3 Å². The molecule has 0 aliphatic heterocycles. The van der Waals surface area contributed by atoms with Crippen molar-refractivity contribution in [2.24, 2.45) is 11.8 Å². The summed E-state index contributed by atoms with van der Waals surface area (Å²) in [6.45, 7) is 2.23. The van der Waals surface area contributed by atoms with Crippen molar-refractivity contribution in [1.29, 1.82) is 0 Å². The summed E-state index contributed by atoms with van der Waals surface area (Å²) >= 11 is 3.45. The van der Waals surface area contributed by atoms with Crippen molar-refractivity contribution in [3.63, 3.8) is 0 Å². The number of Topliss-reactive ketones (excluding diaryl/α,β-unsaturated/α-hetero) is 1. The number of carbonyl (C=O) groups is 1. The largest absolute Gasteiger partial charge is 0.496 e. The van der Waals surface area contributed by atoms with Gasteiger partial charge in [0.15, 0.2) is 0 Å². The number of methoxy groups -OCH3 is 1. The first-order chi connectivity index (χ1) is 8.60. The molecule has 0 spiro atoms. The van der Waals surface area contributed by atoms with E-state index in [-0.39, 0.29) is 5.92 Å². The third-order valence-corrected chi connectivity index (χ3v) is 4.36. The van der Waals surface area contributed by atoms with Gasteiger partial charge in [0.1, 0.15) is 11.5 Å². The van der Waals surface area contributed by atoms with Gasteiger partial charge in [-0.05, 0) is 58.8 Å². The van der Waals surface area contributed by atoms with E-state index in [0.29, 0.717) is 18.1 Å². The van der Waals surface area contributed by atoms with Gasteiger partial charge in [-0.2, -0.15) is 0 Å². The highest BCUT2D eigenvalue weighted by Gasteiger charge is 2.27. The van der Waals surface area contributed by atoms with E-state index in [4.69, 9.17) is 4.74 Å². The molecular formula is C15H19BrO2. The number of rotatable bonds is 4. The summed E-state index contributed by atoms with van der Waals surface area (Å²) in [5.74, 6) is 2.18. The number of hydrogen-bond acceptors (Lipinski definition) is 2. The van der Waals surface area contributed by atoms with Crippen molar-refractivity contribution in [2.75, 3.05) is 7.11 Å². The summed E-state index contributed by atoms with van der Waals surface area (Å²) in [6.07, 6.45) is 3.87. The lowest BCUT2D eigenvalue weighted by Crippen LogP contribution is -2.14. The predicted octanol–water partition coefficient (Wildman–Crippen LogP) is 4.01. The summed E-state index contributed by atoms with van der Waals surface area (Å²) in [5, 5.41) is 0. The molecule has 3 heteroatoms. The normalized spacial score (nSPS) is 23.1. The Kier molecular flexibility index (Phi) is 4.44. The van der Waals surface area contributed by atoms with Crippen LogP contribution in [0.2, 0.25) is 0 Å². The van der Waals surface area contributed by atoms with Crippen LogP contribution >= 0.6 is 15.9 Å². The van der Waals surface area contributed by atoms with E-state index in [1.807, 2.05) is 18.2 Å². The molecule has 2 unspecified atom stereocenters. The Balaban J connectivity index is 2.01. The van der Waals surface area contributed by atoms with Gasteiger partial charge >= 0.3 is 0 Å². The summed E-state index contributed by atoms with van der Waals surface area (Å²) < 4.78 is 6.10. The van der Waals surface area contributed by atoms with E-state index in [1.54, 1.807) is 7.11 Å². The summed E-state index contributed by atoms with van der Waals surface area (Å²) in [4.78, 5) is 12.2. The van der Waals surface area contributed by atoms with Gasteiger partial charge in [-0.1, -0.05) is 13.0 Å². The first kappa shape index (κ1) is 13.6. The molecule has 1 saturated carbocycles. The fourth-order valence-corrected chi connectivity index (χ4v) is 3.25. The van der Waals surface area contributed by atoms with Crippen LogP contribution < -0.4 is 4.74 Å². The molecule has 1 aromatic rings.